The van der Waals surface area contributed by atoms with Gasteiger partial charge < -0.3 is 4.57 Å². The topological polar surface area (TPSA) is 42.3 Å². The van der Waals surface area contributed by atoms with Crippen molar-refractivity contribution in [1.29, 1.82) is 0 Å². The van der Waals surface area contributed by atoms with E-state index in [0.29, 0.717) is 17.4 Å². The number of hydrogen-bond acceptors (Lipinski definition) is 3. The minimum atomic E-state index is -0.140. The lowest BCUT2D eigenvalue weighted by Gasteiger charge is -2.41. The third-order valence-electron chi connectivity index (χ3n) is 4.01. The van der Waals surface area contributed by atoms with E-state index < -0.39 is 0 Å². The van der Waals surface area contributed by atoms with Gasteiger partial charge in [-0.3, -0.25) is 14.3 Å². The van der Waals surface area contributed by atoms with Crippen molar-refractivity contribution in [3.05, 3.63) is 33.7 Å². The van der Waals surface area contributed by atoms with E-state index in [2.05, 4.69) is 14.1 Å². The van der Waals surface area contributed by atoms with Crippen molar-refractivity contribution in [3.63, 3.8) is 0 Å². The van der Waals surface area contributed by atoms with E-state index in [1.807, 2.05) is 10.6 Å². The fourth-order valence-electron chi connectivity index (χ4n) is 3.25. The van der Waals surface area contributed by atoms with Gasteiger partial charge in [-0.25, -0.2) is 0 Å². The summed E-state index contributed by atoms with van der Waals surface area (Å²) in [6, 6.07) is 3.65. The highest BCUT2D eigenvalue weighted by Crippen LogP contribution is 2.36. The molecule has 1 fully saturated rings. The molecule has 0 spiro atoms. The van der Waals surface area contributed by atoms with Crippen LogP contribution in [-0.2, 0) is 6.54 Å². The first-order chi connectivity index (χ1) is 8.56. The highest BCUT2D eigenvalue weighted by molar-refractivity contribution is 7.13. The first kappa shape index (κ1) is 12.1. The molecule has 3 rings (SSSR count). The normalized spacial score (nSPS) is 26.8. The minimum absolute atomic E-state index is 0.105. The van der Waals surface area contributed by atoms with E-state index >= 15 is 0 Å². The van der Waals surface area contributed by atoms with Crippen LogP contribution in [0.2, 0.25) is 0 Å². The molecule has 1 saturated heterocycles. The molecule has 0 radical (unpaired) electrons. The van der Waals surface area contributed by atoms with Crippen LogP contribution >= 0.6 is 9.39 Å². The van der Waals surface area contributed by atoms with Gasteiger partial charge in [-0.2, -0.15) is 0 Å². The number of hydrogen-bond donors (Lipinski definition) is 0. The Kier molecular flexibility index (Phi) is 2.87. The molecule has 2 bridgehead atoms. The van der Waals surface area contributed by atoms with Crippen LogP contribution in [0, 0.1) is 5.92 Å². The van der Waals surface area contributed by atoms with Crippen LogP contribution in [0.5, 0.6) is 0 Å². The summed E-state index contributed by atoms with van der Waals surface area (Å²) in [5, 5.41) is 0. The summed E-state index contributed by atoms with van der Waals surface area (Å²) in [4.78, 5) is 23.7. The quantitative estimate of drug-likeness (QED) is 0.566. The molecular formula is C13H17N2O2P. The number of piperidine rings is 1. The van der Waals surface area contributed by atoms with Crippen molar-refractivity contribution in [3.8, 4) is 0 Å². The van der Waals surface area contributed by atoms with E-state index in [4.69, 9.17) is 0 Å². The van der Waals surface area contributed by atoms with Gasteiger partial charge >= 0.3 is 0 Å². The van der Waals surface area contributed by atoms with E-state index in [-0.39, 0.29) is 11.3 Å². The molecule has 0 saturated carbocycles. The Balaban J connectivity index is 2.11. The van der Waals surface area contributed by atoms with Crippen LogP contribution in [-0.4, -0.2) is 28.1 Å². The third kappa shape index (κ3) is 1.84. The zero-order valence-corrected chi connectivity index (χ0v) is 11.6. The number of pyridine rings is 1. The molecule has 5 heteroatoms. The predicted molar refractivity (Wildman–Crippen MR) is 72.8 cm³/mol. The summed E-state index contributed by atoms with van der Waals surface area (Å²) in [5.74, 6) is 0.802. The maximum absolute atomic E-state index is 12.3. The van der Waals surface area contributed by atoms with Gasteiger partial charge in [-0.05, 0) is 31.4 Å². The summed E-state index contributed by atoms with van der Waals surface area (Å²) in [5.41, 5.74) is 1.31. The van der Waals surface area contributed by atoms with Gasteiger partial charge in [0.15, 0.2) is 5.78 Å². The molecule has 0 N–H and O–H groups in total. The molecule has 1 aromatic heterocycles. The Morgan fingerprint density at radius 3 is 2.83 bits per heavy atom. The molecule has 96 valence electrons. The minimum Gasteiger partial charge on any atom is -0.311 e. The molecule has 3 atom stereocenters. The second-order valence-corrected chi connectivity index (χ2v) is 6.13. The highest BCUT2D eigenvalue weighted by Gasteiger charge is 2.33. The van der Waals surface area contributed by atoms with E-state index in [0.717, 1.165) is 31.7 Å². The Labute approximate surface area is 108 Å². The van der Waals surface area contributed by atoms with Gasteiger partial charge in [0.1, 0.15) is 0 Å². The van der Waals surface area contributed by atoms with Gasteiger partial charge in [0.05, 0.1) is 5.56 Å². The Morgan fingerprint density at radius 1 is 1.33 bits per heavy atom. The van der Waals surface area contributed by atoms with Crippen molar-refractivity contribution < 1.29 is 4.79 Å². The van der Waals surface area contributed by atoms with E-state index in [1.54, 1.807) is 6.07 Å². The fourth-order valence-corrected chi connectivity index (χ4v) is 3.80. The molecule has 3 unspecified atom stereocenters. The second-order valence-electron chi connectivity index (χ2n) is 5.40. The van der Waals surface area contributed by atoms with E-state index in [1.165, 1.54) is 6.92 Å². The molecule has 3 heterocycles. The summed E-state index contributed by atoms with van der Waals surface area (Å²) in [6.07, 6.45) is 1.16. The maximum atomic E-state index is 12.3. The lowest BCUT2D eigenvalue weighted by molar-refractivity contribution is 0.101. The molecule has 1 aromatic rings. The standard InChI is InChI=1S/C13H17N2O2P/c1-8(16)11-2-3-12-10-4-9(5-14(18)7-10)6-15(12)13(11)17/h2-3,9-10H,4-7,18H2,1H3. The molecule has 2 aliphatic heterocycles. The van der Waals surface area contributed by atoms with Crippen LogP contribution in [0.4, 0.5) is 0 Å². The zero-order valence-electron chi connectivity index (χ0n) is 10.4. The Morgan fingerprint density at radius 2 is 2.11 bits per heavy atom. The van der Waals surface area contributed by atoms with Crippen LogP contribution in [0.3, 0.4) is 0 Å². The van der Waals surface area contributed by atoms with Gasteiger partial charge in [-0.1, -0.05) is 9.39 Å². The maximum Gasteiger partial charge on any atom is 0.261 e. The molecule has 18 heavy (non-hydrogen) atoms. The first-order valence-electron chi connectivity index (χ1n) is 6.30. The molecule has 2 aliphatic rings. The molecule has 0 aliphatic carbocycles. The van der Waals surface area contributed by atoms with Gasteiger partial charge in [0.25, 0.3) is 5.56 Å². The zero-order chi connectivity index (χ0) is 12.9. The number of carbonyl (C=O) groups excluding carboxylic acids is 1. The highest BCUT2D eigenvalue weighted by atomic mass is 31.0. The molecule has 4 nitrogen and oxygen atoms in total. The Bertz CT molecular complexity index is 567. The number of carbonyl (C=O) groups is 1. The van der Waals surface area contributed by atoms with Crippen LogP contribution in [0.1, 0.15) is 35.3 Å². The van der Waals surface area contributed by atoms with Crippen molar-refractivity contribution >= 4 is 15.2 Å². The van der Waals surface area contributed by atoms with Gasteiger partial charge in [0, 0.05) is 31.2 Å². The van der Waals surface area contributed by atoms with Crippen LogP contribution in [0.25, 0.3) is 0 Å². The second kappa shape index (κ2) is 4.29. The van der Waals surface area contributed by atoms with Crippen molar-refractivity contribution in [1.82, 2.24) is 9.24 Å². The van der Waals surface area contributed by atoms with Gasteiger partial charge in [-0.15, -0.1) is 0 Å². The Hall–Kier alpha value is -0.990. The number of aromatic nitrogens is 1. The fraction of sp³-hybridized carbons (Fsp3) is 0.538. The van der Waals surface area contributed by atoms with Crippen molar-refractivity contribution in [2.45, 2.75) is 25.8 Å². The SMILES string of the molecule is CC(=O)c1ccc2n(c1=O)CC1CC2CN(P)C1. The molecule has 0 aromatic carbocycles. The number of nitrogens with zero attached hydrogens (tertiary/aromatic N) is 2. The van der Waals surface area contributed by atoms with Crippen molar-refractivity contribution in [2.75, 3.05) is 13.1 Å². The number of Topliss-reactive ketones (excluding diaryl/α,β-unsaturated/α-hetero) is 1. The summed E-state index contributed by atoms with van der Waals surface area (Å²) < 4.78 is 4.08. The monoisotopic (exact) mass is 264 g/mol. The smallest absolute Gasteiger partial charge is 0.261 e. The number of ketones is 1. The summed E-state index contributed by atoms with van der Waals surface area (Å²) in [7, 11) is 2.76. The largest absolute Gasteiger partial charge is 0.311 e. The average Bonchev–Trinajstić information content (AvgIpc) is 2.29. The number of rotatable bonds is 1. The van der Waals surface area contributed by atoms with Crippen LogP contribution in [0.15, 0.2) is 16.9 Å². The lowest BCUT2D eigenvalue weighted by Crippen LogP contribution is -2.44. The first-order valence-corrected chi connectivity index (χ1v) is 6.82. The van der Waals surface area contributed by atoms with Crippen molar-refractivity contribution in [2.24, 2.45) is 5.92 Å². The van der Waals surface area contributed by atoms with Gasteiger partial charge in [0.2, 0.25) is 0 Å². The van der Waals surface area contributed by atoms with E-state index in [9.17, 15) is 9.59 Å². The number of fused-ring (bicyclic) bond motifs is 4. The molecular weight excluding hydrogens is 247 g/mol. The van der Waals surface area contributed by atoms with Crippen LogP contribution < -0.4 is 5.56 Å². The summed E-state index contributed by atoms with van der Waals surface area (Å²) in [6.45, 7) is 4.19. The summed E-state index contributed by atoms with van der Waals surface area (Å²) >= 11 is 0. The molecule has 0 amide bonds. The predicted octanol–water partition coefficient (Wildman–Crippen LogP) is 1.26. The lowest BCUT2D eigenvalue weighted by atomic mass is 9.84. The third-order valence-corrected chi connectivity index (χ3v) is 4.43. The average molecular weight is 264 g/mol.